The van der Waals surface area contributed by atoms with Crippen LogP contribution in [0.2, 0.25) is 0 Å². The van der Waals surface area contributed by atoms with Crippen molar-refractivity contribution >= 4 is 5.78 Å². The Morgan fingerprint density at radius 2 is 2.19 bits per heavy atom. The summed E-state index contributed by atoms with van der Waals surface area (Å²) in [4.78, 5) is 14.8. The summed E-state index contributed by atoms with van der Waals surface area (Å²) in [5.41, 5.74) is -0.150. The summed E-state index contributed by atoms with van der Waals surface area (Å²) in [6.45, 7) is 3.06. The predicted octanol–water partition coefficient (Wildman–Crippen LogP) is 1.04. The molecule has 1 aromatic heterocycles. The van der Waals surface area contributed by atoms with Crippen molar-refractivity contribution in [3.05, 3.63) is 17.2 Å². The molecule has 0 spiro atoms. The van der Waals surface area contributed by atoms with Crippen LogP contribution in [0.5, 0.6) is 0 Å². The van der Waals surface area contributed by atoms with Crippen molar-refractivity contribution in [3.8, 4) is 0 Å². The van der Waals surface area contributed by atoms with Crippen LogP contribution in [0.15, 0.2) is 0 Å². The molecule has 1 N–H and O–H groups in total. The lowest BCUT2D eigenvalue weighted by molar-refractivity contribution is -0.0888. The molecule has 0 saturated heterocycles. The lowest BCUT2D eigenvalue weighted by Gasteiger charge is -2.17. The Morgan fingerprint density at radius 1 is 1.50 bits per heavy atom. The molecule has 0 aromatic carbocycles. The van der Waals surface area contributed by atoms with Crippen LogP contribution in [-0.4, -0.2) is 28.1 Å². The fraction of sp³-hybridized carbons (Fsp3) is 0.556. The van der Waals surface area contributed by atoms with Crippen LogP contribution in [-0.2, 0) is 13.1 Å². The van der Waals surface area contributed by atoms with Crippen molar-refractivity contribution in [1.29, 1.82) is 0 Å². The number of aryl methyl sites for hydroxylation is 1. The van der Waals surface area contributed by atoms with Gasteiger partial charge in [0.15, 0.2) is 0 Å². The van der Waals surface area contributed by atoms with Crippen molar-refractivity contribution in [1.82, 2.24) is 14.9 Å². The number of carbonyl (C=O) groups is 1. The highest BCUT2D eigenvalue weighted by Crippen LogP contribution is 2.24. The first kappa shape index (κ1) is 11.1. The minimum atomic E-state index is -4.86. The van der Waals surface area contributed by atoms with Gasteiger partial charge in [0.25, 0.3) is 5.78 Å². The molecule has 88 valence electrons. The van der Waals surface area contributed by atoms with E-state index in [4.69, 9.17) is 0 Å². The van der Waals surface area contributed by atoms with E-state index in [2.05, 4.69) is 10.3 Å². The minimum Gasteiger partial charge on any atom is -0.329 e. The van der Waals surface area contributed by atoms with Gasteiger partial charge in [-0.2, -0.15) is 13.2 Å². The number of rotatable bonds is 1. The number of nitrogens with zero attached hydrogens (tertiary/aromatic N) is 2. The average Bonchev–Trinajstić information content (AvgIpc) is 2.55. The number of nitrogens with one attached hydrogen (secondary N) is 1. The van der Waals surface area contributed by atoms with E-state index in [0.717, 1.165) is 0 Å². The third-order valence-electron chi connectivity index (χ3n) is 2.54. The topological polar surface area (TPSA) is 46.9 Å². The van der Waals surface area contributed by atoms with E-state index in [1.54, 1.807) is 11.5 Å². The van der Waals surface area contributed by atoms with Crippen molar-refractivity contribution in [2.75, 3.05) is 6.54 Å². The number of imidazole rings is 1. The summed E-state index contributed by atoms with van der Waals surface area (Å²) in [6.07, 6.45) is -4.86. The molecule has 0 fully saturated rings. The van der Waals surface area contributed by atoms with Gasteiger partial charge >= 0.3 is 6.18 Å². The second-order valence-corrected chi connectivity index (χ2v) is 3.61. The Morgan fingerprint density at radius 3 is 2.81 bits per heavy atom. The van der Waals surface area contributed by atoms with Gasteiger partial charge in [-0.05, 0) is 6.92 Å². The Bertz CT molecular complexity index is 436. The van der Waals surface area contributed by atoms with E-state index in [-0.39, 0.29) is 6.54 Å². The number of ketones is 1. The second-order valence-electron chi connectivity index (χ2n) is 3.61. The molecule has 1 aliphatic rings. The van der Waals surface area contributed by atoms with Crippen molar-refractivity contribution < 1.29 is 18.0 Å². The van der Waals surface area contributed by atoms with E-state index >= 15 is 0 Å². The molecule has 0 amide bonds. The van der Waals surface area contributed by atoms with Crippen LogP contribution >= 0.6 is 0 Å². The Balaban J connectivity index is 2.46. The molecule has 4 nitrogen and oxygen atoms in total. The van der Waals surface area contributed by atoms with Crippen LogP contribution in [0.1, 0.15) is 22.0 Å². The molecule has 2 rings (SSSR count). The highest BCUT2D eigenvalue weighted by atomic mass is 19.4. The van der Waals surface area contributed by atoms with Crippen LogP contribution in [0.25, 0.3) is 0 Å². The van der Waals surface area contributed by atoms with Gasteiger partial charge < -0.3 is 9.88 Å². The van der Waals surface area contributed by atoms with Gasteiger partial charge in [-0.3, -0.25) is 4.79 Å². The second kappa shape index (κ2) is 3.58. The van der Waals surface area contributed by atoms with Crippen LogP contribution in [0, 0.1) is 6.92 Å². The van der Waals surface area contributed by atoms with Crippen LogP contribution in [0.3, 0.4) is 0 Å². The summed E-state index contributed by atoms with van der Waals surface area (Å²) >= 11 is 0. The molecule has 16 heavy (non-hydrogen) atoms. The Kier molecular flexibility index (Phi) is 2.49. The highest BCUT2D eigenvalue weighted by Gasteiger charge is 2.42. The van der Waals surface area contributed by atoms with E-state index in [1.807, 2.05) is 0 Å². The lowest BCUT2D eigenvalue weighted by atomic mass is 10.2. The number of hydrogen-bond donors (Lipinski definition) is 1. The maximum absolute atomic E-state index is 12.3. The summed E-state index contributed by atoms with van der Waals surface area (Å²) in [6, 6.07) is 0. The van der Waals surface area contributed by atoms with Gasteiger partial charge in [-0.15, -0.1) is 0 Å². The first-order valence-corrected chi connectivity index (χ1v) is 4.79. The molecule has 1 aliphatic heterocycles. The first-order valence-electron chi connectivity index (χ1n) is 4.79. The largest absolute Gasteiger partial charge is 0.456 e. The number of fused-ring (bicyclic) bond motifs is 1. The number of hydrogen-bond acceptors (Lipinski definition) is 3. The zero-order valence-corrected chi connectivity index (χ0v) is 8.56. The van der Waals surface area contributed by atoms with E-state index in [0.29, 0.717) is 24.6 Å². The standard InChI is InChI=1S/C9H10F3N3O/c1-5-14-7(8(16)9(10,11)12)6-4-13-2-3-15(5)6/h13H,2-4H2,1H3. The maximum atomic E-state index is 12.3. The highest BCUT2D eigenvalue weighted by molar-refractivity contribution is 5.99. The van der Waals surface area contributed by atoms with Gasteiger partial charge in [0.2, 0.25) is 0 Å². The normalized spacial score (nSPS) is 16.0. The summed E-state index contributed by atoms with van der Waals surface area (Å²) in [5, 5.41) is 2.92. The molecule has 0 saturated carbocycles. The fourth-order valence-electron chi connectivity index (χ4n) is 1.80. The summed E-state index contributed by atoms with van der Waals surface area (Å²) in [7, 11) is 0. The summed E-state index contributed by atoms with van der Waals surface area (Å²) in [5.74, 6) is -1.42. The Hall–Kier alpha value is -1.37. The molecular formula is C9H10F3N3O. The van der Waals surface area contributed by atoms with Gasteiger partial charge in [-0.1, -0.05) is 0 Å². The van der Waals surface area contributed by atoms with Crippen LogP contribution < -0.4 is 5.32 Å². The van der Waals surface area contributed by atoms with Gasteiger partial charge in [-0.25, -0.2) is 4.98 Å². The monoisotopic (exact) mass is 233 g/mol. The van der Waals surface area contributed by atoms with E-state index in [1.165, 1.54) is 0 Å². The molecule has 0 atom stereocenters. The molecular weight excluding hydrogens is 223 g/mol. The van der Waals surface area contributed by atoms with Crippen molar-refractivity contribution in [2.45, 2.75) is 26.2 Å². The third-order valence-corrected chi connectivity index (χ3v) is 2.54. The van der Waals surface area contributed by atoms with Crippen LogP contribution in [0.4, 0.5) is 13.2 Å². The molecule has 2 heterocycles. The number of alkyl halides is 3. The minimum absolute atomic E-state index is 0.248. The SMILES string of the molecule is Cc1nc(C(=O)C(F)(F)F)c2n1CCNC2. The number of carbonyl (C=O) groups excluding carboxylic acids is 1. The average molecular weight is 233 g/mol. The predicted molar refractivity (Wildman–Crippen MR) is 49.1 cm³/mol. The number of aromatic nitrogens is 2. The van der Waals surface area contributed by atoms with E-state index in [9.17, 15) is 18.0 Å². The number of Topliss-reactive ketones (excluding diaryl/α,β-unsaturated/α-hetero) is 1. The Labute approximate surface area is 89.5 Å². The zero-order chi connectivity index (χ0) is 11.9. The number of halogens is 3. The molecule has 0 bridgehead atoms. The molecule has 0 aliphatic carbocycles. The summed E-state index contributed by atoms with van der Waals surface area (Å²) < 4.78 is 38.5. The van der Waals surface area contributed by atoms with E-state index < -0.39 is 17.7 Å². The van der Waals surface area contributed by atoms with Crippen molar-refractivity contribution in [3.63, 3.8) is 0 Å². The van der Waals surface area contributed by atoms with Gasteiger partial charge in [0.1, 0.15) is 11.5 Å². The smallest absolute Gasteiger partial charge is 0.329 e. The quantitative estimate of drug-likeness (QED) is 0.737. The third kappa shape index (κ3) is 1.71. The fourth-order valence-corrected chi connectivity index (χ4v) is 1.80. The molecule has 0 radical (unpaired) electrons. The molecule has 0 unspecified atom stereocenters. The van der Waals surface area contributed by atoms with Crippen molar-refractivity contribution in [2.24, 2.45) is 0 Å². The molecule has 1 aromatic rings. The van der Waals surface area contributed by atoms with Gasteiger partial charge in [0, 0.05) is 19.6 Å². The van der Waals surface area contributed by atoms with Gasteiger partial charge in [0.05, 0.1) is 5.69 Å². The zero-order valence-electron chi connectivity index (χ0n) is 8.56. The first-order chi connectivity index (χ1) is 7.41. The molecule has 7 heteroatoms. The lowest BCUT2D eigenvalue weighted by Crippen LogP contribution is -2.31. The maximum Gasteiger partial charge on any atom is 0.456 e.